The number of hydrogen-bond acceptors (Lipinski definition) is 7. The quantitative estimate of drug-likeness (QED) is 0.466. The van der Waals surface area contributed by atoms with Gasteiger partial charge in [-0.2, -0.15) is 8.42 Å². The molecule has 1 aromatic heterocycles. The van der Waals surface area contributed by atoms with Crippen molar-refractivity contribution in [2.45, 2.75) is 11.9 Å². The van der Waals surface area contributed by atoms with Crippen LogP contribution in [-0.2, 0) is 10.0 Å². The molecule has 3 aromatic rings. The zero-order valence-corrected chi connectivity index (χ0v) is 16.1. The Morgan fingerprint density at radius 3 is 2.36 bits per heavy atom. The molecule has 0 aliphatic heterocycles. The predicted octanol–water partition coefficient (Wildman–Crippen LogP) is 3.41. The molecule has 11 heteroatoms. The Labute approximate surface area is 164 Å². The summed E-state index contributed by atoms with van der Waals surface area (Å²) in [5.74, 6) is -0.556. The van der Waals surface area contributed by atoms with Gasteiger partial charge in [0.1, 0.15) is 0 Å². The molecule has 0 saturated heterocycles. The fourth-order valence-electron chi connectivity index (χ4n) is 2.17. The minimum Gasteiger partial charge on any atom is -0.298 e. The van der Waals surface area contributed by atoms with Crippen molar-refractivity contribution in [3.63, 3.8) is 0 Å². The Balaban J connectivity index is 1.71. The van der Waals surface area contributed by atoms with Gasteiger partial charge in [0.2, 0.25) is 0 Å². The molecule has 2 aromatic carbocycles. The van der Waals surface area contributed by atoms with Crippen molar-refractivity contribution in [1.29, 1.82) is 0 Å². The second kappa shape index (κ2) is 7.74. The van der Waals surface area contributed by atoms with E-state index in [4.69, 9.17) is 0 Å². The molecule has 3 rings (SSSR count). The Bertz CT molecular complexity index is 1120. The Hall–Kier alpha value is -3.31. The van der Waals surface area contributed by atoms with E-state index in [1.54, 1.807) is 24.3 Å². The second-order valence-corrected chi connectivity index (χ2v) is 8.21. The molecular formula is C17H14N4O5S2. The maximum atomic E-state index is 12.4. The third kappa shape index (κ3) is 4.50. The number of aryl methyl sites for hydroxylation is 1. The fourth-order valence-corrected chi connectivity index (χ4v) is 4.21. The lowest BCUT2D eigenvalue weighted by atomic mass is 10.2. The van der Waals surface area contributed by atoms with Crippen molar-refractivity contribution in [3.8, 4) is 0 Å². The number of sulfonamides is 1. The van der Waals surface area contributed by atoms with Gasteiger partial charge in [0.25, 0.3) is 21.6 Å². The molecule has 2 N–H and O–H groups in total. The van der Waals surface area contributed by atoms with Crippen molar-refractivity contribution in [3.05, 3.63) is 75.2 Å². The van der Waals surface area contributed by atoms with Crippen molar-refractivity contribution >= 4 is 43.8 Å². The maximum absolute atomic E-state index is 12.4. The van der Waals surface area contributed by atoms with E-state index in [-0.39, 0.29) is 21.4 Å². The Morgan fingerprint density at radius 2 is 1.75 bits per heavy atom. The van der Waals surface area contributed by atoms with Crippen LogP contribution in [0.3, 0.4) is 0 Å². The molecule has 0 unspecified atom stereocenters. The van der Waals surface area contributed by atoms with E-state index in [9.17, 15) is 23.3 Å². The number of nitro groups is 1. The number of hydrogen-bond donors (Lipinski definition) is 2. The van der Waals surface area contributed by atoms with Crippen LogP contribution < -0.4 is 10.0 Å². The van der Waals surface area contributed by atoms with Crippen LogP contribution in [-0.4, -0.2) is 24.2 Å². The summed E-state index contributed by atoms with van der Waals surface area (Å²) in [6.45, 7) is 1.89. The fraction of sp³-hybridized carbons (Fsp3) is 0.0588. The highest BCUT2D eigenvalue weighted by Crippen LogP contribution is 2.22. The van der Waals surface area contributed by atoms with Gasteiger partial charge in [-0.25, -0.2) is 4.98 Å². The third-order valence-electron chi connectivity index (χ3n) is 3.62. The lowest BCUT2D eigenvalue weighted by Gasteiger charge is -2.06. The molecule has 0 aliphatic rings. The van der Waals surface area contributed by atoms with E-state index in [1.165, 1.54) is 29.6 Å². The number of carbonyl (C=O) groups excluding carboxylic acids is 1. The number of nitrogens with zero attached hydrogens (tertiary/aromatic N) is 2. The number of rotatable bonds is 6. The summed E-state index contributed by atoms with van der Waals surface area (Å²) in [6, 6.07) is 11.8. The monoisotopic (exact) mass is 418 g/mol. The van der Waals surface area contributed by atoms with Crippen LogP contribution in [0.4, 0.5) is 16.5 Å². The largest absolute Gasteiger partial charge is 0.298 e. The molecule has 144 valence electrons. The van der Waals surface area contributed by atoms with Crippen LogP contribution in [0.5, 0.6) is 0 Å². The lowest BCUT2D eigenvalue weighted by molar-refractivity contribution is -0.384. The van der Waals surface area contributed by atoms with Gasteiger partial charge in [-0.15, -0.1) is 11.3 Å². The van der Waals surface area contributed by atoms with Crippen LogP contribution in [0.2, 0.25) is 0 Å². The summed E-state index contributed by atoms with van der Waals surface area (Å²) in [5, 5.41) is 14.3. The van der Waals surface area contributed by atoms with Gasteiger partial charge in [0, 0.05) is 28.8 Å². The predicted molar refractivity (Wildman–Crippen MR) is 105 cm³/mol. The van der Waals surface area contributed by atoms with Crippen molar-refractivity contribution in [2.24, 2.45) is 0 Å². The first-order valence-electron chi connectivity index (χ1n) is 7.85. The van der Waals surface area contributed by atoms with Crippen LogP contribution in [0, 0.1) is 17.0 Å². The molecular weight excluding hydrogens is 404 g/mol. The highest BCUT2D eigenvalue weighted by atomic mass is 32.2. The van der Waals surface area contributed by atoms with Crippen LogP contribution in [0.15, 0.2) is 58.9 Å². The number of anilines is 2. The summed E-state index contributed by atoms with van der Waals surface area (Å²) < 4.78 is 27.2. The lowest BCUT2D eigenvalue weighted by Crippen LogP contribution is -2.14. The van der Waals surface area contributed by atoms with E-state index in [0.29, 0.717) is 5.69 Å². The zero-order chi connectivity index (χ0) is 20.3. The number of amides is 1. The van der Waals surface area contributed by atoms with Gasteiger partial charge in [0.15, 0.2) is 10.2 Å². The van der Waals surface area contributed by atoms with Gasteiger partial charge in [-0.3, -0.25) is 24.9 Å². The molecule has 1 amide bonds. The molecule has 0 fully saturated rings. The third-order valence-corrected chi connectivity index (χ3v) is 5.79. The van der Waals surface area contributed by atoms with Gasteiger partial charge in [-0.05, 0) is 31.2 Å². The van der Waals surface area contributed by atoms with E-state index in [0.717, 1.165) is 16.9 Å². The Kier molecular flexibility index (Phi) is 5.38. The molecule has 9 nitrogen and oxygen atoms in total. The average Bonchev–Trinajstić information content (AvgIpc) is 3.13. The van der Waals surface area contributed by atoms with Gasteiger partial charge in [-0.1, -0.05) is 17.7 Å². The molecule has 0 radical (unpaired) electrons. The van der Waals surface area contributed by atoms with Crippen LogP contribution in [0.1, 0.15) is 15.9 Å². The minimum atomic E-state index is -3.90. The summed E-state index contributed by atoms with van der Waals surface area (Å²) in [4.78, 5) is 26.2. The zero-order valence-electron chi connectivity index (χ0n) is 14.4. The molecule has 0 spiro atoms. The number of benzene rings is 2. The average molecular weight is 418 g/mol. The summed E-state index contributed by atoms with van der Waals surface area (Å²) in [6.07, 6.45) is 0. The molecule has 0 saturated carbocycles. The van der Waals surface area contributed by atoms with E-state index >= 15 is 0 Å². The topological polar surface area (TPSA) is 131 Å². The molecule has 0 atom stereocenters. The molecule has 1 heterocycles. The molecule has 0 aliphatic carbocycles. The van der Waals surface area contributed by atoms with E-state index in [2.05, 4.69) is 15.0 Å². The van der Waals surface area contributed by atoms with E-state index < -0.39 is 20.9 Å². The van der Waals surface area contributed by atoms with Crippen LogP contribution in [0.25, 0.3) is 0 Å². The smallest absolute Gasteiger partial charge is 0.280 e. The van der Waals surface area contributed by atoms with Gasteiger partial charge < -0.3 is 0 Å². The first-order valence-corrected chi connectivity index (χ1v) is 10.2. The maximum Gasteiger partial charge on any atom is 0.280 e. The van der Waals surface area contributed by atoms with Gasteiger partial charge >= 0.3 is 0 Å². The van der Waals surface area contributed by atoms with E-state index in [1.807, 2.05) is 6.92 Å². The highest BCUT2D eigenvalue weighted by Gasteiger charge is 2.19. The highest BCUT2D eigenvalue weighted by molar-refractivity contribution is 7.92. The van der Waals surface area contributed by atoms with Crippen molar-refractivity contribution < 1.29 is 18.1 Å². The molecule has 0 bridgehead atoms. The summed E-state index contributed by atoms with van der Waals surface area (Å²) in [7, 11) is -3.90. The standard InChI is InChI=1S/C17H14N4O5S2/c1-11-2-6-13(7-3-11)20-28(25,26)15-10-27-17(18-15)19-16(22)12-4-8-14(9-5-12)21(23)24/h2-10,20H,1H3,(H,18,19,22). The SMILES string of the molecule is Cc1ccc(NS(=O)(=O)c2csc(NC(=O)c3ccc([N+](=O)[O-])cc3)n2)cc1. The number of aromatic nitrogens is 1. The minimum absolute atomic E-state index is 0.0904. The summed E-state index contributed by atoms with van der Waals surface area (Å²) >= 11 is 0.950. The van der Waals surface area contributed by atoms with Crippen LogP contribution >= 0.6 is 11.3 Å². The number of carbonyl (C=O) groups is 1. The first kappa shape index (κ1) is 19.5. The molecule has 28 heavy (non-hydrogen) atoms. The van der Waals surface area contributed by atoms with Crippen molar-refractivity contribution in [1.82, 2.24) is 4.98 Å². The number of nitro benzene ring substituents is 1. The first-order chi connectivity index (χ1) is 13.2. The number of thiazole rings is 1. The normalized spacial score (nSPS) is 11.0. The summed E-state index contributed by atoms with van der Waals surface area (Å²) in [5.41, 5.74) is 1.44. The number of nitrogens with one attached hydrogen (secondary N) is 2. The Morgan fingerprint density at radius 1 is 1.11 bits per heavy atom. The van der Waals surface area contributed by atoms with Crippen molar-refractivity contribution in [2.75, 3.05) is 10.0 Å². The van der Waals surface area contributed by atoms with Gasteiger partial charge in [0.05, 0.1) is 4.92 Å². The second-order valence-electron chi connectivity index (χ2n) is 5.72. The number of non-ortho nitro benzene ring substituents is 1.